The largest absolute Gasteiger partial charge is 0.394 e. The first kappa shape index (κ1) is 10.2. The van der Waals surface area contributed by atoms with Crippen LogP contribution < -0.4 is 5.32 Å². The van der Waals surface area contributed by atoms with E-state index in [4.69, 9.17) is 0 Å². The minimum Gasteiger partial charge on any atom is -0.394 e. The lowest BCUT2D eigenvalue weighted by Gasteiger charge is -2.19. The standard InChI is InChI=1S/C9H18N2/c1-9(2,3)8(6-10-4)7-11-5/h6-7,10H,1-5H3/b8-6+,11-7-. The Balaban J connectivity index is 4.48. The van der Waals surface area contributed by atoms with E-state index >= 15 is 0 Å². The number of allylic oxidation sites excluding steroid dienone is 1. The molecule has 0 saturated heterocycles. The summed E-state index contributed by atoms with van der Waals surface area (Å²) < 4.78 is 0. The molecule has 0 spiro atoms. The number of hydrogen-bond donors (Lipinski definition) is 1. The van der Waals surface area contributed by atoms with E-state index in [0.29, 0.717) is 0 Å². The Morgan fingerprint density at radius 1 is 1.36 bits per heavy atom. The van der Waals surface area contributed by atoms with Crippen LogP contribution in [-0.4, -0.2) is 20.3 Å². The van der Waals surface area contributed by atoms with Crippen molar-refractivity contribution < 1.29 is 0 Å². The monoisotopic (exact) mass is 154 g/mol. The summed E-state index contributed by atoms with van der Waals surface area (Å²) in [5.41, 5.74) is 1.38. The first-order valence-corrected chi connectivity index (χ1v) is 3.82. The van der Waals surface area contributed by atoms with Crippen LogP contribution in [0.25, 0.3) is 0 Å². The average molecular weight is 154 g/mol. The SMILES string of the molecule is C/N=C\C(=C/NC)C(C)(C)C. The van der Waals surface area contributed by atoms with Gasteiger partial charge in [-0.3, -0.25) is 4.99 Å². The third kappa shape index (κ3) is 3.81. The van der Waals surface area contributed by atoms with Gasteiger partial charge in [0.2, 0.25) is 0 Å². The molecule has 0 aliphatic rings. The fourth-order valence-corrected chi connectivity index (χ4v) is 0.742. The highest BCUT2D eigenvalue weighted by Gasteiger charge is 2.14. The second kappa shape index (κ2) is 4.16. The van der Waals surface area contributed by atoms with Crippen LogP contribution in [0.2, 0.25) is 0 Å². The lowest BCUT2D eigenvalue weighted by molar-refractivity contribution is 0.523. The van der Waals surface area contributed by atoms with Crippen LogP contribution in [0, 0.1) is 5.41 Å². The maximum Gasteiger partial charge on any atom is 0.0277 e. The van der Waals surface area contributed by atoms with Gasteiger partial charge in [-0.2, -0.15) is 0 Å². The van der Waals surface area contributed by atoms with Crippen LogP contribution in [0.5, 0.6) is 0 Å². The van der Waals surface area contributed by atoms with Crippen molar-refractivity contribution in [3.63, 3.8) is 0 Å². The van der Waals surface area contributed by atoms with Crippen molar-refractivity contribution in [2.45, 2.75) is 20.8 Å². The van der Waals surface area contributed by atoms with Crippen molar-refractivity contribution in [3.05, 3.63) is 11.8 Å². The van der Waals surface area contributed by atoms with E-state index in [1.54, 1.807) is 7.05 Å². The maximum absolute atomic E-state index is 3.99. The van der Waals surface area contributed by atoms with Crippen LogP contribution in [0.4, 0.5) is 0 Å². The fourth-order valence-electron chi connectivity index (χ4n) is 0.742. The Kier molecular flexibility index (Phi) is 3.86. The summed E-state index contributed by atoms with van der Waals surface area (Å²) in [7, 11) is 3.68. The van der Waals surface area contributed by atoms with Gasteiger partial charge in [-0.1, -0.05) is 20.8 Å². The molecular weight excluding hydrogens is 136 g/mol. The summed E-state index contributed by atoms with van der Waals surface area (Å²) in [6.07, 6.45) is 3.86. The van der Waals surface area contributed by atoms with Gasteiger partial charge in [0.1, 0.15) is 0 Å². The van der Waals surface area contributed by atoms with Gasteiger partial charge >= 0.3 is 0 Å². The van der Waals surface area contributed by atoms with Crippen molar-refractivity contribution in [2.75, 3.05) is 14.1 Å². The topological polar surface area (TPSA) is 24.4 Å². The Morgan fingerprint density at radius 3 is 2.18 bits per heavy atom. The van der Waals surface area contributed by atoms with Crippen LogP contribution in [0.3, 0.4) is 0 Å². The molecule has 0 aliphatic carbocycles. The third-order valence-corrected chi connectivity index (χ3v) is 1.43. The van der Waals surface area contributed by atoms with Crippen LogP contribution in [0.15, 0.2) is 16.8 Å². The second-order valence-corrected chi connectivity index (χ2v) is 3.53. The molecule has 64 valence electrons. The molecule has 0 bridgehead atoms. The second-order valence-electron chi connectivity index (χ2n) is 3.53. The van der Waals surface area contributed by atoms with Gasteiger partial charge < -0.3 is 5.32 Å². The molecule has 0 aromatic carbocycles. The molecule has 0 aromatic rings. The minimum absolute atomic E-state index is 0.169. The zero-order valence-corrected chi connectivity index (χ0v) is 8.10. The van der Waals surface area contributed by atoms with Gasteiger partial charge in [0, 0.05) is 26.5 Å². The summed E-state index contributed by atoms with van der Waals surface area (Å²) in [6, 6.07) is 0. The summed E-state index contributed by atoms with van der Waals surface area (Å²) in [5, 5.41) is 3.01. The summed E-state index contributed by atoms with van der Waals surface area (Å²) in [6.45, 7) is 6.49. The molecule has 0 saturated carbocycles. The van der Waals surface area contributed by atoms with Gasteiger partial charge in [-0.05, 0) is 11.0 Å². The molecule has 0 heterocycles. The first-order valence-electron chi connectivity index (χ1n) is 3.82. The molecule has 0 amide bonds. The van der Waals surface area contributed by atoms with Crippen molar-refractivity contribution in [3.8, 4) is 0 Å². The predicted molar refractivity (Wildman–Crippen MR) is 51.0 cm³/mol. The predicted octanol–water partition coefficient (Wildman–Crippen LogP) is 1.84. The molecular formula is C9H18N2. The number of nitrogens with one attached hydrogen (secondary N) is 1. The van der Waals surface area contributed by atoms with Crippen molar-refractivity contribution in [1.82, 2.24) is 5.32 Å². The molecule has 11 heavy (non-hydrogen) atoms. The average Bonchev–Trinajstić information content (AvgIpc) is 1.85. The van der Waals surface area contributed by atoms with E-state index in [0.717, 1.165) is 0 Å². The third-order valence-electron chi connectivity index (χ3n) is 1.43. The van der Waals surface area contributed by atoms with Crippen LogP contribution >= 0.6 is 0 Å². The molecule has 0 aromatic heterocycles. The smallest absolute Gasteiger partial charge is 0.0277 e. The van der Waals surface area contributed by atoms with Gasteiger partial charge in [-0.15, -0.1) is 0 Å². The van der Waals surface area contributed by atoms with E-state index in [2.05, 4.69) is 31.1 Å². The van der Waals surface area contributed by atoms with Gasteiger partial charge in [-0.25, -0.2) is 0 Å². The fraction of sp³-hybridized carbons (Fsp3) is 0.667. The van der Waals surface area contributed by atoms with Gasteiger partial charge in [0.05, 0.1) is 0 Å². The quantitative estimate of drug-likeness (QED) is 0.603. The highest BCUT2D eigenvalue weighted by atomic mass is 14.8. The summed E-state index contributed by atoms with van der Waals surface area (Å²) in [5.74, 6) is 0. The number of aliphatic imine (C=N–C) groups is 1. The first-order chi connectivity index (χ1) is 5.02. The number of rotatable bonds is 2. The van der Waals surface area contributed by atoms with E-state index in [1.165, 1.54) is 5.57 Å². The number of hydrogen-bond acceptors (Lipinski definition) is 2. The molecule has 0 fully saturated rings. The Hall–Kier alpha value is -0.790. The van der Waals surface area contributed by atoms with E-state index in [1.807, 2.05) is 19.5 Å². The van der Waals surface area contributed by atoms with Crippen molar-refractivity contribution in [2.24, 2.45) is 10.4 Å². The lowest BCUT2D eigenvalue weighted by Crippen LogP contribution is -2.13. The lowest BCUT2D eigenvalue weighted by atomic mass is 9.88. The Bertz CT molecular complexity index is 161. The maximum atomic E-state index is 3.99. The highest BCUT2D eigenvalue weighted by Crippen LogP contribution is 2.22. The summed E-state index contributed by atoms with van der Waals surface area (Å²) >= 11 is 0. The van der Waals surface area contributed by atoms with Gasteiger partial charge in [0.25, 0.3) is 0 Å². The Labute approximate surface area is 69.4 Å². The van der Waals surface area contributed by atoms with Crippen molar-refractivity contribution in [1.29, 1.82) is 0 Å². The van der Waals surface area contributed by atoms with Crippen LogP contribution in [0.1, 0.15) is 20.8 Å². The molecule has 0 aliphatic heterocycles. The summed E-state index contributed by atoms with van der Waals surface area (Å²) in [4.78, 5) is 3.99. The van der Waals surface area contributed by atoms with E-state index in [9.17, 15) is 0 Å². The van der Waals surface area contributed by atoms with E-state index < -0.39 is 0 Å². The molecule has 2 heteroatoms. The molecule has 0 rings (SSSR count). The van der Waals surface area contributed by atoms with E-state index in [-0.39, 0.29) is 5.41 Å². The molecule has 1 N–H and O–H groups in total. The normalized spacial score (nSPS) is 14.1. The molecule has 2 nitrogen and oxygen atoms in total. The van der Waals surface area contributed by atoms with Crippen LogP contribution in [-0.2, 0) is 0 Å². The highest BCUT2D eigenvalue weighted by molar-refractivity contribution is 5.79. The van der Waals surface area contributed by atoms with Gasteiger partial charge in [0.15, 0.2) is 0 Å². The molecule has 0 unspecified atom stereocenters. The zero-order valence-electron chi connectivity index (χ0n) is 8.10. The Morgan fingerprint density at radius 2 is 1.91 bits per heavy atom. The zero-order chi connectivity index (χ0) is 8.91. The number of nitrogens with zero attached hydrogens (tertiary/aromatic N) is 1. The molecule has 0 radical (unpaired) electrons. The minimum atomic E-state index is 0.169. The molecule has 0 atom stereocenters. The van der Waals surface area contributed by atoms with Crippen molar-refractivity contribution >= 4 is 6.21 Å².